The Morgan fingerprint density at radius 3 is 2.67 bits per heavy atom. The molecule has 84 valence electrons. The molecule has 1 fully saturated rings. The second kappa shape index (κ2) is 4.65. The number of nitrogens with zero attached hydrogens (tertiary/aromatic N) is 2. The number of likely N-dealkylation sites (tertiary alicyclic amines) is 1. The summed E-state index contributed by atoms with van der Waals surface area (Å²) in [5, 5.41) is 8.92. The summed E-state index contributed by atoms with van der Waals surface area (Å²) in [5.74, 6) is -0.395. The van der Waals surface area contributed by atoms with Crippen molar-refractivity contribution in [2.24, 2.45) is 11.3 Å². The van der Waals surface area contributed by atoms with Crippen LogP contribution in [0.2, 0.25) is 0 Å². The van der Waals surface area contributed by atoms with Gasteiger partial charge in [-0.25, -0.2) is 0 Å². The van der Waals surface area contributed by atoms with Crippen LogP contribution in [0.25, 0.3) is 0 Å². The van der Waals surface area contributed by atoms with Crippen molar-refractivity contribution in [1.82, 2.24) is 4.90 Å². The lowest BCUT2D eigenvalue weighted by Crippen LogP contribution is -2.34. The molecule has 0 radical (unpaired) electrons. The molecule has 1 unspecified atom stereocenters. The van der Waals surface area contributed by atoms with Gasteiger partial charge in [-0.05, 0) is 18.3 Å². The van der Waals surface area contributed by atoms with Crippen LogP contribution >= 0.6 is 0 Å². The zero-order valence-corrected chi connectivity index (χ0v) is 9.92. The highest BCUT2D eigenvalue weighted by molar-refractivity contribution is 5.81. The highest BCUT2D eigenvalue weighted by atomic mass is 16.2. The zero-order valence-electron chi connectivity index (χ0n) is 9.92. The first-order chi connectivity index (χ1) is 7.00. The third-order valence-corrected chi connectivity index (χ3v) is 3.02. The number of carbonyl (C=O) groups is 1. The van der Waals surface area contributed by atoms with Crippen LogP contribution in [0.15, 0.2) is 0 Å². The first kappa shape index (κ1) is 12.0. The Morgan fingerprint density at radius 1 is 1.60 bits per heavy atom. The number of carbonyl (C=O) groups excluding carboxylic acids is 1. The Morgan fingerprint density at radius 2 is 2.27 bits per heavy atom. The molecule has 3 nitrogen and oxygen atoms in total. The van der Waals surface area contributed by atoms with E-state index in [1.807, 2.05) is 11.8 Å². The molecule has 1 aliphatic rings. The maximum Gasteiger partial charge on any atom is 0.239 e. The molecular formula is C12H20N2O. The Bertz CT molecular complexity index is 278. The molecule has 15 heavy (non-hydrogen) atoms. The van der Waals surface area contributed by atoms with Gasteiger partial charge < -0.3 is 4.90 Å². The second-order valence-corrected chi connectivity index (χ2v) is 5.14. The van der Waals surface area contributed by atoms with Gasteiger partial charge in [0.15, 0.2) is 0 Å². The average molecular weight is 208 g/mol. The third kappa shape index (κ3) is 2.95. The van der Waals surface area contributed by atoms with E-state index in [0.717, 1.165) is 25.9 Å². The van der Waals surface area contributed by atoms with E-state index < -0.39 is 5.92 Å². The van der Waals surface area contributed by atoms with Crippen LogP contribution in [0.4, 0.5) is 0 Å². The van der Waals surface area contributed by atoms with Crippen molar-refractivity contribution in [1.29, 1.82) is 5.26 Å². The van der Waals surface area contributed by atoms with Gasteiger partial charge in [-0.3, -0.25) is 4.79 Å². The predicted molar refractivity (Wildman–Crippen MR) is 59.0 cm³/mol. The summed E-state index contributed by atoms with van der Waals surface area (Å²) >= 11 is 0. The molecule has 1 atom stereocenters. The molecule has 1 saturated heterocycles. The van der Waals surface area contributed by atoms with Crippen LogP contribution in [0, 0.1) is 22.7 Å². The molecular weight excluding hydrogens is 188 g/mol. The molecule has 1 amide bonds. The summed E-state index contributed by atoms with van der Waals surface area (Å²) in [5.41, 5.74) is 0.224. The Balaban J connectivity index is 2.58. The highest BCUT2D eigenvalue weighted by Gasteiger charge is 2.34. The fraction of sp³-hybridized carbons (Fsp3) is 0.833. The van der Waals surface area contributed by atoms with Gasteiger partial charge in [0.05, 0.1) is 6.07 Å². The van der Waals surface area contributed by atoms with Crippen LogP contribution in [0.3, 0.4) is 0 Å². The van der Waals surface area contributed by atoms with E-state index in [9.17, 15) is 4.79 Å². The van der Waals surface area contributed by atoms with Crippen molar-refractivity contribution < 1.29 is 4.79 Å². The molecule has 0 bridgehead atoms. The number of nitriles is 1. The molecule has 1 rings (SSSR count). The monoisotopic (exact) mass is 208 g/mol. The maximum absolute atomic E-state index is 12.0. The molecule has 0 aliphatic carbocycles. The Labute approximate surface area is 92.1 Å². The third-order valence-electron chi connectivity index (χ3n) is 3.02. The normalized spacial score (nSPS) is 21.1. The number of rotatable bonds is 3. The highest BCUT2D eigenvalue weighted by Crippen LogP contribution is 2.30. The predicted octanol–water partition coefficient (Wildman–Crippen LogP) is 2.18. The van der Waals surface area contributed by atoms with Crippen molar-refractivity contribution in [3.8, 4) is 6.07 Å². The molecule has 3 heteroatoms. The minimum atomic E-state index is -0.427. The van der Waals surface area contributed by atoms with Gasteiger partial charge in [0.1, 0.15) is 5.92 Å². The van der Waals surface area contributed by atoms with Gasteiger partial charge in [0, 0.05) is 13.1 Å². The van der Waals surface area contributed by atoms with Crippen LogP contribution in [-0.4, -0.2) is 23.9 Å². The zero-order chi connectivity index (χ0) is 11.5. The molecule has 0 saturated carbocycles. The summed E-state index contributed by atoms with van der Waals surface area (Å²) in [7, 11) is 0. The Hall–Kier alpha value is -1.04. The van der Waals surface area contributed by atoms with Crippen LogP contribution in [0.5, 0.6) is 0 Å². The summed E-state index contributed by atoms with van der Waals surface area (Å²) in [6.07, 6.45) is 2.62. The second-order valence-electron chi connectivity index (χ2n) is 5.14. The minimum absolute atomic E-state index is 0.0323. The Kier molecular flexibility index (Phi) is 3.73. The minimum Gasteiger partial charge on any atom is -0.341 e. The fourth-order valence-corrected chi connectivity index (χ4v) is 2.05. The van der Waals surface area contributed by atoms with Gasteiger partial charge in [0.25, 0.3) is 0 Å². The molecule has 0 aromatic carbocycles. The van der Waals surface area contributed by atoms with Crippen LogP contribution < -0.4 is 0 Å². The average Bonchev–Trinajstić information content (AvgIpc) is 2.54. The van der Waals surface area contributed by atoms with E-state index in [4.69, 9.17) is 5.26 Å². The van der Waals surface area contributed by atoms with Crippen molar-refractivity contribution in [2.45, 2.75) is 40.0 Å². The molecule has 0 spiro atoms. The molecule has 1 heterocycles. The van der Waals surface area contributed by atoms with Crippen LogP contribution in [-0.2, 0) is 4.79 Å². The van der Waals surface area contributed by atoms with Crippen LogP contribution in [0.1, 0.15) is 40.0 Å². The van der Waals surface area contributed by atoms with Gasteiger partial charge >= 0.3 is 0 Å². The summed E-state index contributed by atoms with van der Waals surface area (Å²) in [4.78, 5) is 13.8. The van der Waals surface area contributed by atoms with Crippen molar-refractivity contribution in [3.05, 3.63) is 0 Å². The van der Waals surface area contributed by atoms with Gasteiger partial charge in [-0.15, -0.1) is 0 Å². The van der Waals surface area contributed by atoms with E-state index >= 15 is 0 Å². The molecule has 0 aromatic rings. The summed E-state index contributed by atoms with van der Waals surface area (Å²) < 4.78 is 0. The maximum atomic E-state index is 12.0. The lowest BCUT2D eigenvalue weighted by Gasteiger charge is -2.21. The topological polar surface area (TPSA) is 44.1 Å². The standard InChI is InChI=1S/C12H20N2O/c1-4-5-10(8-13)11(15)14-7-6-12(2,3)9-14/h10H,4-7,9H2,1-3H3. The number of amides is 1. The van der Waals surface area contributed by atoms with Crippen molar-refractivity contribution in [3.63, 3.8) is 0 Å². The lowest BCUT2D eigenvalue weighted by atomic mass is 9.93. The van der Waals surface area contributed by atoms with E-state index in [0.29, 0.717) is 6.42 Å². The molecule has 0 N–H and O–H groups in total. The molecule has 0 aromatic heterocycles. The first-order valence-corrected chi connectivity index (χ1v) is 5.68. The fourth-order valence-electron chi connectivity index (χ4n) is 2.05. The van der Waals surface area contributed by atoms with E-state index in [2.05, 4.69) is 19.9 Å². The van der Waals surface area contributed by atoms with Gasteiger partial charge in [0.2, 0.25) is 5.91 Å². The largest absolute Gasteiger partial charge is 0.341 e. The molecule has 1 aliphatic heterocycles. The SMILES string of the molecule is CCCC(C#N)C(=O)N1CCC(C)(C)C1. The number of hydrogen-bond acceptors (Lipinski definition) is 2. The quantitative estimate of drug-likeness (QED) is 0.713. The van der Waals surface area contributed by atoms with Crippen molar-refractivity contribution in [2.75, 3.05) is 13.1 Å². The first-order valence-electron chi connectivity index (χ1n) is 5.68. The van der Waals surface area contributed by atoms with Crippen molar-refractivity contribution >= 4 is 5.91 Å². The van der Waals surface area contributed by atoms with E-state index in [-0.39, 0.29) is 11.3 Å². The van der Waals surface area contributed by atoms with Gasteiger partial charge in [-0.2, -0.15) is 5.26 Å². The number of hydrogen-bond donors (Lipinski definition) is 0. The van der Waals surface area contributed by atoms with E-state index in [1.165, 1.54) is 0 Å². The summed E-state index contributed by atoms with van der Waals surface area (Å²) in [6.45, 7) is 7.95. The van der Waals surface area contributed by atoms with E-state index in [1.54, 1.807) is 0 Å². The lowest BCUT2D eigenvalue weighted by molar-refractivity contribution is -0.133. The smallest absolute Gasteiger partial charge is 0.239 e. The summed E-state index contributed by atoms with van der Waals surface area (Å²) in [6, 6.07) is 2.12. The van der Waals surface area contributed by atoms with Gasteiger partial charge in [-0.1, -0.05) is 27.2 Å².